The van der Waals surface area contributed by atoms with E-state index in [4.69, 9.17) is 46.4 Å². The summed E-state index contributed by atoms with van der Waals surface area (Å²) >= 11 is 24.4. The number of hydrazone groups is 1. The molecule has 6 nitrogen and oxygen atoms in total. The standard InChI is InChI=1S/C17H12Cl4N4O2/c1-8(26)22-10-2-3-11(19)14(6-10)23-15-7-16(27)25(24-15)17-12(20)4-9(18)5-13(17)21/h2-6H,7H2,1H3,(H,22,26)(H,23,24). The molecule has 2 N–H and O–H groups in total. The van der Waals surface area contributed by atoms with Gasteiger partial charge in [0.15, 0.2) is 0 Å². The van der Waals surface area contributed by atoms with Crippen LogP contribution >= 0.6 is 46.4 Å². The Balaban J connectivity index is 1.89. The van der Waals surface area contributed by atoms with Crippen molar-refractivity contribution in [1.29, 1.82) is 0 Å². The zero-order valence-electron chi connectivity index (χ0n) is 13.8. The Kier molecular flexibility index (Phi) is 5.81. The summed E-state index contributed by atoms with van der Waals surface area (Å²) in [4.78, 5) is 23.6. The maximum atomic E-state index is 12.4. The summed E-state index contributed by atoms with van der Waals surface area (Å²) < 4.78 is 0. The van der Waals surface area contributed by atoms with Gasteiger partial charge in [0, 0.05) is 17.6 Å². The van der Waals surface area contributed by atoms with Crippen LogP contribution in [0.2, 0.25) is 20.1 Å². The van der Waals surface area contributed by atoms with E-state index in [9.17, 15) is 9.59 Å². The number of benzene rings is 2. The molecule has 2 aromatic carbocycles. The first kappa shape index (κ1) is 19.8. The Bertz CT molecular complexity index is 954. The van der Waals surface area contributed by atoms with E-state index >= 15 is 0 Å². The third-order valence-corrected chi connectivity index (χ3v) is 4.66. The molecule has 27 heavy (non-hydrogen) atoms. The number of nitrogens with zero attached hydrogens (tertiary/aromatic N) is 2. The molecule has 0 radical (unpaired) electrons. The van der Waals surface area contributed by atoms with E-state index in [2.05, 4.69) is 15.7 Å². The zero-order valence-corrected chi connectivity index (χ0v) is 16.8. The number of hydrogen-bond acceptors (Lipinski definition) is 4. The molecular formula is C17H12Cl4N4O2. The third-order valence-electron chi connectivity index (χ3n) is 3.53. The van der Waals surface area contributed by atoms with Crippen LogP contribution in [0.1, 0.15) is 13.3 Å². The Hall–Kier alpha value is -1.99. The Morgan fingerprint density at radius 1 is 1.07 bits per heavy atom. The number of amidine groups is 1. The minimum Gasteiger partial charge on any atom is -0.341 e. The molecule has 0 saturated carbocycles. The topological polar surface area (TPSA) is 73.8 Å². The van der Waals surface area contributed by atoms with Gasteiger partial charge in [0.05, 0.1) is 27.2 Å². The van der Waals surface area contributed by atoms with Crippen molar-refractivity contribution < 1.29 is 9.59 Å². The summed E-state index contributed by atoms with van der Waals surface area (Å²) in [6, 6.07) is 7.88. The summed E-state index contributed by atoms with van der Waals surface area (Å²) in [5, 5.41) is 12.2. The average molecular weight is 446 g/mol. The molecule has 1 heterocycles. The third kappa shape index (κ3) is 4.47. The summed E-state index contributed by atoms with van der Waals surface area (Å²) in [6.07, 6.45) is -0.00399. The molecule has 0 bridgehead atoms. The molecule has 0 fully saturated rings. The smallest absolute Gasteiger partial charge is 0.255 e. The highest BCUT2D eigenvalue weighted by atomic mass is 35.5. The van der Waals surface area contributed by atoms with Crippen molar-refractivity contribution in [2.75, 3.05) is 15.6 Å². The molecule has 0 spiro atoms. The van der Waals surface area contributed by atoms with Crippen LogP contribution in [0, 0.1) is 0 Å². The van der Waals surface area contributed by atoms with E-state index in [0.717, 1.165) is 5.01 Å². The van der Waals surface area contributed by atoms with Crippen LogP contribution in [-0.4, -0.2) is 17.6 Å². The molecule has 10 heteroatoms. The molecule has 0 aromatic heterocycles. The Labute approximate surface area is 175 Å². The predicted molar refractivity (Wildman–Crippen MR) is 110 cm³/mol. The van der Waals surface area contributed by atoms with Gasteiger partial charge in [-0.05, 0) is 30.3 Å². The highest BCUT2D eigenvalue weighted by molar-refractivity contribution is 6.42. The van der Waals surface area contributed by atoms with Crippen molar-refractivity contribution in [1.82, 2.24) is 0 Å². The summed E-state index contributed by atoms with van der Waals surface area (Å²) in [5.41, 5.74) is 1.30. The second-order valence-electron chi connectivity index (χ2n) is 5.65. The van der Waals surface area contributed by atoms with Crippen molar-refractivity contribution in [2.24, 2.45) is 5.10 Å². The van der Waals surface area contributed by atoms with Crippen LogP contribution in [0.25, 0.3) is 0 Å². The van der Waals surface area contributed by atoms with Gasteiger partial charge in [-0.25, -0.2) is 0 Å². The van der Waals surface area contributed by atoms with Crippen molar-refractivity contribution in [3.8, 4) is 0 Å². The molecule has 1 aliphatic rings. The van der Waals surface area contributed by atoms with Crippen LogP contribution in [0.5, 0.6) is 0 Å². The minimum atomic E-state index is -0.322. The van der Waals surface area contributed by atoms with Gasteiger partial charge >= 0.3 is 0 Å². The number of nitrogens with one attached hydrogen (secondary N) is 2. The number of carbonyl (C=O) groups excluding carboxylic acids is 2. The number of anilines is 3. The van der Waals surface area contributed by atoms with Gasteiger partial charge in [-0.1, -0.05) is 46.4 Å². The van der Waals surface area contributed by atoms with Gasteiger partial charge in [0.25, 0.3) is 5.91 Å². The molecule has 0 saturated heterocycles. The van der Waals surface area contributed by atoms with E-state index in [0.29, 0.717) is 27.3 Å². The fourth-order valence-corrected chi connectivity index (χ4v) is 3.61. The fraction of sp³-hybridized carbons (Fsp3) is 0.118. The number of halogens is 4. The van der Waals surface area contributed by atoms with Gasteiger partial charge in [-0.15, -0.1) is 0 Å². The maximum absolute atomic E-state index is 12.4. The lowest BCUT2D eigenvalue weighted by Crippen LogP contribution is -2.20. The highest BCUT2D eigenvalue weighted by Gasteiger charge is 2.29. The minimum absolute atomic E-state index is 0.00399. The number of rotatable bonds is 3. The summed E-state index contributed by atoms with van der Waals surface area (Å²) in [5.74, 6) is -0.184. The van der Waals surface area contributed by atoms with Crippen LogP contribution in [-0.2, 0) is 9.59 Å². The van der Waals surface area contributed by atoms with Gasteiger partial charge in [0.2, 0.25) is 5.91 Å². The molecular weight excluding hydrogens is 434 g/mol. The first-order chi connectivity index (χ1) is 12.7. The highest BCUT2D eigenvalue weighted by Crippen LogP contribution is 2.38. The number of carbonyl (C=O) groups is 2. The van der Waals surface area contributed by atoms with E-state index in [1.165, 1.54) is 19.1 Å². The second-order valence-corrected chi connectivity index (χ2v) is 7.31. The van der Waals surface area contributed by atoms with E-state index in [-0.39, 0.29) is 34.0 Å². The van der Waals surface area contributed by atoms with Gasteiger partial charge in [0.1, 0.15) is 11.5 Å². The maximum Gasteiger partial charge on any atom is 0.255 e. The monoisotopic (exact) mass is 444 g/mol. The largest absolute Gasteiger partial charge is 0.341 e. The summed E-state index contributed by atoms with van der Waals surface area (Å²) in [7, 11) is 0. The van der Waals surface area contributed by atoms with Crippen LogP contribution in [0.15, 0.2) is 35.4 Å². The average Bonchev–Trinajstić information content (AvgIpc) is 2.89. The van der Waals surface area contributed by atoms with Crippen molar-refractivity contribution in [3.05, 3.63) is 50.4 Å². The molecule has 2 amide bonds. The Morgan fingerprint density at radius 3 is 2.37 bits per heavy atom. The Morgan fingerprint density at radius 2 is 1.74 bits per heavy atom. The molecule has 0 unspecified atom stereocenters. The number of amides is 2. The second kappa shape index (κ2) is 7.94. The fourth-order valence-electron chi connectivity index (χ4n) is 2.47. The van der Waals surface area contributed by atoms with Crippen LogP contribution in [0.4, 0.5) is 17.1 Å². The molecule has 140 valence electrons. The molecule has 3 rings (SSSR count). The SMILES string of the molecule is CC(=O)Nc1ccc(Cl)c(NC2=NN(c3c(Cl)cc(Cl)cc3Cl)C(=O)C2)c1. The van der Waals surface area contributed by atoms with Gasteiger partial charge < -0.3 is 10.6 Å². The van der Waals surface area contributed by atoms with Gasteiger partial charge in [-0.2, -0.15) is 10.1 Å². The number of hydrogen-bond donors (Lipinski definition) is 2. The first-order valence-corrected chi connectivity index (χ1v) is 9.15. The van der Waals surface area contributed by atoms with E-state index in [1.807, 2.05) is 0 Å². The lowest BCUT2D eigenvalue weighted by molar-refractivity contribution is -0.117. The zero-order chi connectivity index (χ0) is 19.7. The van der Waals surface area contributed by atoms with Crippen LogP contribution in [0.3, 0.4) is 0 Å². The van der Waals surface area contributed by atoms with E-state index in [1.54, 1.807) is 18.2 Å². The predicted octanol–water partition coefficient (Wildman–Crippen LogP) is 5.42. The lowest BCUT2D eigenvalue weighted by atomic mass is 10.2. The van der Waals surface area contributed by atoms with Crippen LogP contribution < -0.4 is 15.6 Å². The molecule has 2 aromatic rings. The van der Waals surface area contributed by atoms with Crippen molar-refractivity contribution in [2.45, 2.75) is 13.3 Å². The normalized spacial score (nSPS) is 13.6. The molecule has 1 aliphatic heterocycles. The lowest BCUT2D eigenvalue weighted by Gasteiger charge is -2.15. The van der Waals surface area contributed by atoms with Crippen molar-refractivity contribution >= 4 is 81.1 Å². The van der Waals surface area contributed by atoms with Crippen molar-refractivity contribution in [3.63, 3.8) is 0 Å². The van der Waals surface area contributed by atoms with Gasteiger partial charge in [-0.3, -0.25) is 9.59 Å². The molecule has 0 atom stereocenters. The van der Waals surface area contributed by atoms with E-state index < -0.39 is 0 Å². The quantitative estimate of drug-likeness (QED) is 0.662. The summed E-state index contributed by atoms with van der Waals surface area (Å²) in [6.45, 7) is 1.40. The first-order valence-electron chi connectivity index (χ1n) is 7.63. The molecule has 0 aliphatic carbocycles.